The van der Waals surface area contributed by atoms with Gasteiger partial charge in [0.05, 0.1) is 12.2 Å². The molecule has 20 heavy (non-hydrogen) atoms. The highest BCUT2D eigenvalue weighted by Crippen LogP contribution is 2.13. The van der Waals surface area contributed by atoms with Gasteiger partial charge >= 0.3 is 0 Å². The van der Waals surface area contributed by atoms with E-state index in [2.05, 4.69) is 4.98 Å². The summed E-state index contributed by atoms with van der Waals surface area (Å²) in [6.45, 7) is 4.07. The number of aryl methyl sites for hydroxylation is 2. The van der Waals surface area contributed by atoms with Crippen LogP contribution in [-0.4, -0.2) is 22.8 Å². The van der Waals surface area contributed by atoms with Crippen LogP contribution in [-0.2, 0) is 6.54 Å². The molecule has 0 saturated carbocycles. The van der Waals surface area contributed by atoms with E-state index in [0.29, 0.717) is 17.7 Å². The van der Waals surface area contributed by atoms with Crippen molar-refractivity contribution >= 4 is 5.91 Å². The molecule has 0 N–H and O–H groups in total. The summed E-state index contributed by atoms with van der Waals surface area (Å²) in [6.07, 6.45) is 0. The third-order valence-electron chi connectivity index (χ3n) is 3.11. The first-order valence-corrected chi connectivity index (χ1v) is 6.41. The molecule has 0 spiro atoms. The number of benzene rings is 1. The molecule has 2 rings (SSSR count). The van der Waals surface area contributed by atoms with Gasteiger partial charge in [-0.3, -0.25) is 9.78 Å². The van der Waals surface area contributed by atoms with Gasteiger partial charge in [0.15, 0.2) is 0 Å². The van der Waals surface area contributed by atoms with Crippen molar-refractivity contribution in [1.29, 1.82) is 0 Å². The lowest BCUT2D eigenvalue weighted by Crippen LogP contribution is -2.27. The zero-order valence-corrected chi connectivity index (χ0v) is 11.9. The zero-order valence-electron chi connectivity index (χ0n) is 11.9. The molecule has 0 bridgehead atoms. The lowest BCUT2D eigenvalue weighted by Gasteiger charge is -2.18. The Labute approximate surface area is 118 Å². The standard InChI is InChI=1S/C16H17FN2O/c1-11-9-13(17)7-8-15(11)16(20)19(3)10-14-6-4-5-12(2)18-14/h4-9H,10H2,1-3H3. The maximum absolute atomic E-state index is 13.1. The first-order valence-electron chi connectivity index (χ1n) is 6.41. The number of hydrogen-bond acceptors (Lipinski definition) is 2. The lowest BCUT2D eigenvalue weighted by molar-refractivity contribution is 0.0782. The van der Waals surface area contributed by atoms with Crippen LogP contribution in [0.4, 0.5) is 4.39 Å². The molecule has 104 valence electrons. The van der Waals surface area contributed by atoms with Crippen LogP contribution in [0.2, 0.25) is 0 Å². The molecule has 0 unspecified atom stereocenters. The van der Waals surface area contributed by atoms with Crippen molar-refractivity contribution in [2.45, 2.75) is 20.4 Å². The maximum Gasteiger partial charge on any atom is 0.254 e. The molecular weight excluding hydrogens is 255 g/mol. The smallest absolute Gasteiger partial charge is 0.254 e. The minimum atomic E-state index is -0.331. The maximum atomic E-state index is 13.1. The van der Waals surface area contributed by atoms with Crippen molar-refractivity contribution < 1.29 is 9.18 Å². The zero-order chi connectivity index (χ0) is 14.7. The minimum absolute atomic E-state index is 0.134. The highest BCUT2D eigenvalue weighted by Gasteiger charge is 2.15. The summed E-state index contributed by atoms with van der Waals surface area (Å²) in [6, 6.07) is 9.90. The van der Waals surface area contributed by atoms with Crippen molar-refractivity contribution in [2.24, 2.45) is 0 Å². The molecule has 0 fully saturated rings. The third kappa shape index (κ3) is 3.20. The molecule has 1 aromatic carbocycles. The number of pyridine rings is 1. The van der Waals surface area contributed by atoms with E-state index in [0.717, 1.165) is 11.4 Å². The monoisotopic (exact) mass is 272 g/mol. The van der Waals surface area contributed by atoms with Gasteiger partial charge in [-0.1, -0.05) is 6.07 Å². The lowest BCUT2D eigenvalue weighted by atomic mass is 10.1. The van der Waals surface area contributed by atoms with E-state index in [1.807, 2.05) is 25.1 Å². The van der Waals surface area contributed by atoms with Crippen molar-refractivity contribution in [2.75, 3.05) is 7.05 Å². The summed E-state index contributed by atoms with van der Waals surface area (Å²) in [4.78, 5) is 18.3. The Hall–Kier alpha value is -2.23. The number of aromatic nitrogens is 1. The summed E-state index contributed by atoms with van der Waals surface area (Å²) in [5.74, 6) is -0.465. The molecule has 2 aromatic rings. The van der Waals surface area contributed by atoms with E-state index in [1.165, 1.54) is 18.2 Å². The van der Waals surface area contributed by atoms with Crippen LogP contribution in [0.1, 0.15) is 27.3 Å². The number of rotatable bonds is 3. The molecule has 1 aromatic heterocycles. The number of halogens is 1. The Morgan fingerprint density at radius 2 is 2.00 bits per heavy atom. The average molecular weight is 272 g/mol. The van der Waals surface area contributed by atoms with Crippen molar-refractivity contribution in [3.63, 3.8) is 0 Å². The van der Waals surface area contributed by atoms with Crippen molar-refractivity contribution in [1.82, 2.24) is 9.88 Å². The predicted octanol–water partition coefficient (Wildman–Crippen LogP) is 3.11. The Kier molecular flexibility index (Phi) is 4.13. The Morgan fingerprint density at radius 3 is 2.65 bits per heavy atom. The average Bonchev–Trinajstić information content (AvgIpc) is 2.38. The second-order valence-corrected chi connectivity index (χ2v) is 4.89. The van der Waals surface area contributed by atoms with E-state index in [1.54, 1.807) is 18.9 Å². The van der Waals surface area contributed by atoms with Gasteiger partial charge in [0.2, 0.25) is 0 Å². The Morgan fingerprint density at radius 1 is 1.25 bits per heavy atom. The summed E-state index contributed by atoms with van der Waals surface area (Å²) < 4.78 is 13.1. The number of carbonyl (C=O) groups is 1. The van der Waals surface area contributed by atoms with Gasteiger partial charge in [-0.2, -0.15) is 0 Å². The summed E-state index contributed by atoms with van der Waals surface area (Å²) in [5.41, 5.74) is 2.91. The van der Waals surface area contributed by atoms with Gasteiger partial charge in [0, 0.05) is 18.3 Å². The Balaban J connectivity index is 2.16. The van der Waals surface area contributed by atoms with Gasteiger partial charge in [0.25, 0.3) is 5.91 Å². The fourth-order valence-electron chi connectivity index (χ4n) is 2.08. The quantitative estimate of drug-likeness (QED) is 0.860. The molecule has 3 nitrogen and oxygen atoms in total. The highest BCUT2D eigenvalue weighted by atomic mass is 19.1. The van der Waals surface area contributed by atoms with Gasteiger partial charge in [-0.05, 0) is 49.7 Å². The van der Waals surface area contributed by atoms with Crippen LogP contribution in [0.15, 0.2) is 36.4 Å². The SMILES string of the molecule is Cc1cccc(CN(C)C(=O)c2ccc(F)cc2C)n1. The van der Waals surface area contributed by atoms with Gasteiger partial charge < -0.3 is 4.90 Å². The molecule has 0 aliphatic heterocycles. The van der Waals surface area contributed by atoms with Gasteiger partial charge in [-0.15, -0.1) is 0 Å². The van der Waals surface area contributed by atoms with Crippen molar-refractivity contribution in [3.05, 3.63) is 64.7 Å². The summed E-state index contributed by atoms with van der Waals surface area (Å²) in [7, 11) is 1.72. The second-order valence-electron chi connectivity index (χ2n) is 4.89. The van der Waals surface area contributed by atoms with Crippen LogP contribution >= 0.6 is 0 Å². The number of nitrogens with zero attached hydrogens (tertiary/aromatic N) is 2. The van der Waals surface area contributed by atoms with Crippen LogP contribution in [0.3, 0.4) is 0 Å². The number of amides is 1. The fourth-order valence-corrected chi connectivity index (χ4v) is 2.08. The topological polar surface area (TPSA) is 33.2 Å². The highest BCUT2D eigenvalue weighted by molar-refractivity contribution is 5.95. The van der Waals surface area contributed by atoms with Gasteiger partial charge in [-0.25, -0.2) is 4.39 Å². The van der Waals surface area contributed by atoms with E-state index < -0.39 is 0 Å². The number of hydrogen-bond donors (Lipinski definition) is 0. The molecule has 4 heteroatoms. The van der Waals surface area contributed by atoms with Crippen LogP contribution < -0.4 is 0 Å². The first kappa shape index (κ1) is 14.2. The van der Waals surface area contributed by atoms with Crippen LogP contribution in [0.5, 0.6) is 0 Å². The molecule has 0 atom stereocenters. The number of carbonyl (C=O) groups excluding carboxylic acids is 1. The molecule has 0 radical (unpaired) electrons. The molecule has 0 saturated heterocycles. The van der Waals surface area contributed by atoms with E-state index in [4.69, 9.17) is 0 Å². The molecular formula is C16H17FN2O. The molecule has 1 amide bonds. The second kappa shape index (κ2) is 5.82. The summed E-state index contributed by atoms with van der Waals surface area (Å²) in [5, 5.41) is 0. The van der Waals surface area contributed by atoms with E-state index in [-0.39, 0.29) is 11.7 Å². The van der Waals surface area contributed by atoms with Gasteiger partial charge in [0.1, 0.15) is 5.82 Å². The molecule has 0 aliphatic carbocycles. The van der Waals surface area contributed by atoms with Crippen LogP contribution in [0, 0.1) is 19.7 Å². The largest absolute Gasteiger partial charge is 0.336 e. The third-order valence-corrected chi connectivity index (χ3v) is 3.11. The van der Waals surface area contributed by atoms with Crippen LogP contribution in [0.25, 0.3) is 0 Å². The molecule has 0 aliphatic rings. The van der Waals surface area contributed by atoms with E-state index >= 15 is 0 Å². The first-order chi connectivity index (χ1) is 9.47. The Bertz CT molecular complexity index is 640. The predicted molar refractivity (Wildman–Crippen MR) is 75.9 cm³/mol. The minimum Gasteiger partial charge on any atom is -0.336 e. The van der Waals surface area contributed by atoms with Crippen molar-refractivity contribution in [3.8, 4) is 0 Å². The fraction of sp³-hybridized carbons (Fsp3) is 0.250. The molecule has 1 heterocycles. The summed E-state index contributed by atoms with van der Waals surface area (Å²) >= 11 is 0. The van der Waals surface area contributed by atoms with E-state index in [9.17, 15) is 9.18 Å². The normalized spacial score (nSPS) is 10.4.